The Hall–Kier alpha value is -2.12. The average molecular weight is 377 g/mol. The van der Waals surface area contributed by atoms with E-state index in [1.807, 2.05) is 55.4 Å². The highest BCUT2D eigenvalue weighted by Gasteiger charge is 2.31. The van der Waals surface area contributed by atoms with Gasteiger partial charge in [0.15, 0.2) is 0 Å². The number of carboxylic acids is 1. The summed E-state index contributed by atoms with van der Waals surface area (Å²) in [5.41, 5.74) is 2.16. The number of nitrogens with zero attached hydrogens (tertiary/aromatic N) is 2. The van der Waals surface area contributed by atoms with Crippen LogP contribution >= 0.6 is 24.0 Å². The number of carboxylic acid groups (broad SMARTS) is 1. The second-order valence-corrected chi connectivity index (χ2v) is 7.37. The number of benzene rings is 1. The van der Waals surface area contributed by atoms with Gasteiger partial charge in [0.2, 0.25) is 0 Å². The van der Waals surface area contributed by atoms with E-state index in [2.05, 4.69) is 0 Å². The lowest BCUT2D eigenvalue weighted by atomic mass is 10.2. The number of aliphatic carboxylic acids is 1. The lowest BCUT2D eigenvalue weighted by molar-refractivity contribution is -0.137. The van der Waals surface area contributed by atoms with E-state index in [1.54, 1.807) is 6.08 Å². The number of carbonyl (C=O) groups excluding carboxylic acids is 1. The van der Waals surface area contributed by atoms with Gasteiger partial charge in [-0.1, -0.05) is 48.3 Å². The summed E-state index contributed by atoms with van der Waals surface area (Å²) < 4.78 is 0.477. The Morgan fingerprint density at radius 2 is 2.00 bits per heavy atom. The highest BCUT2D eigenvalue weighted by atomic mass is 32.2. The molecule has 0 unspecified atom stereocenters. The van der Waals surface area contributed by atoms with E-state index < -0.39 is 5.97 Å². The van der Waals surface area contributed by atoms with Gasteiger partial charge < -0.3 is 10.0 Å². The average Bonchev–Trinajstić information content (AvgIpc) is 2.82. The molecule has 0 radical (unpaired) electrons. The van der Waals surface area contributed by atoms with Gasteiger partial charge in [-0.15, -0.1) is 0 Å². The van der Waals surface area contributed by atoms with E-state index in [-0.39, 0.29) is 12.3 Å². The van der Waals surface area contributed by atoms with Crippen LogP contribution in [0.15, 0.2) is 41.3 Å². The lowest BCUT2D eigenvalue weighted by Crippen LogP contribution is -2.29. The molecule has 1 amide bonds. The molecule has 1 N–H and O–H groups in total. The largest absolute Gasteiger partial charge is 0.481 e. The van der Waals surface area contributed by atoms with Crippen LogP contribution in [-0.2, 0) is 9.59 Å². The molecule has 1 aromatic carbocycles. The molecule has 0 aromatic heterocycles. The van der Waals surface area contributed by atoms with Gasteiger partial charge in [-0.3, -0.25) is 14.5 Å². The van der Waals surface area contributed by atoms with E-state index in [1.165, 1.54) is 16.7 Å². The van der Waals surface area contributed by atoms with Crippen molar-refractivity contribution in [2.75, 3.05) is 25.5 Å². The minimum absolute atomic E-state index is 0.0267. The summed E-state index contributed by atoms with van der Waals surface area (Å²) in [4.78, 5) is 26.9. The maximum Gasteiger partial charge on any atom is 0.303 e. The number of thiocarbonyl (C=S) groups is 1. The van der Waals surface area contributed by atoms with Gasteiger partial charge in [-0.2, -0.15) is 0 Å². The SMILES string of the molecule is CN(C)c1ccc(/C=C\C=C2/SC(=S)N(CCCC(=O)O)C2=O)cc1. The van der Waals surface area contributed by atoms with Gasteiger partial charge in [0.05, 0.1) is 4.91 Å². The number of hydrogen-bond acceptors (Lipinski definition) is 5. The van der Waals surface area contributed by atoms with Crippen molar-refractivity contribution in [1.82, 2.24) is 4.90 Å². The first-order valence-corrected chi connectivity index (χ1v) is 9.02. The first-order valence-electron chi connectivity index (χ1n) is 7.79. The highest BCUT2D eigenvalue weighted by Crippen LogP contribution is 2.31. The molecule has 0 bridgehead atoms. The molecule has 25 heavy (non-hydrogen) atoms. The summed E-state index contributed by atoms with van der Waals surface area (Å²) in [5.74, 6) is -1.03. The van der Waals surface area contributed by atoms with Crippen molar-refractivity contribution in [3.8, 4) is 0 Å². The molecule has 0 atom stereocenters. The summed E-state index contributed by atoms with van der Waals surface area (Å²) >= 11 is 6.45. The molecule has 1 heterocycles. The van der Waals surface area contributed by atoms with Gasteiger partial charge in [0.25, 0.3) is 5.91 Å². The van der Waals surface area contributed by atoms with Crippen molar-refractivity contribution < 1.29 is 14.7 Å². The number of hydrogen-bond donors (Lipinski definition) is 1. The lowest BCUT2D eigenvalue weighted by Gasteiger charge is -2.13. The fraction of sp³-hybridized carbons (Fsp3) is 0.278. The zero-order chi connectivity index (χ0) is 18.4. The zero-order valence-electron chi connectivity index (χ0n) is 14.1. The van der Waals surface area contributed by atoms with E-state index in [4.69, 9.17) is 17.3 Å². The van der Waals surface area contributed by atoms with Gasteiger partial charge in [-0.25, -0.2) is 0 Å². The first kappa shape index (κ1) is 19.2. The number of amides is 1. The molecular weight excluding hydrogens is 356 g/mol. The monoisotopic (exact) mass is 376 g/mol. The number of rotatable bonds is 7. The molecule has 0 aliphatic carbocycles. The van der Waals surface area contributed by atoms with Crippen LogP contribution in [-0.4, -0.2) is 46.8 Å². The molecule has 2 rings (SSSR count). The number of carbonyl (C=O) groups is 2. The first-order chi connectivity index (χ1) is 11.9. The third-order valence-electron chi connectivity index (χ3n) is 3.59. The van der Waals surface area contributed by atoms with Gasteiger partial charge in [0.1, 0.15) is 4.32 Å². The summed E-state index contributed by atoms with van der Waals surface area (Å²) in [6.07, 6.45) is 5.92. The fourth-order valence-electron chi connectivity index (χ4n) is 2.23. The Labute approximate surface area is 157 Å². The normalized spacial score (nSPS) is 16.2. The van der Waals surface area contributed by atoms with Gasteiger partial charge in [-0.05, 0) is 30.2 Å². The predicted octanol–water partition coefficient (Wildman–Crippen LogP) is 3.37. The Morgan fingerprint density at radius 1 is 1.32 bits per heavy atom. The van der Waals surface area contributed by atoms with E-state index in [0.717, 1.165) is 11.3 Å². The molecule has 1 aliphatic heterocycles. The van der Waals surface area contributed by atoms with Crippen LogP contribution in [0.2, 0.25) is 0 Å². The van der Waals surface area contributed by atoms with Crippen LogP contribution in [0.5, 0.6) is 0 Å². The highest BCUT2D eigenvalue weighted by molar-refractivity contribution is 8.26. The number of anilines is 1. The Morgan fingerprint density at radius 3 is 2.60 bits per heavy atom. The molecule has 1 aliphatic rings. The van der Waals surface area contributed by atoms with E-state index in [0.29, 0.717) is 22.2 Å². The van der Waals surface area contributed by atoms with Gasteiger partial charge >= 0.3 is 5.97 Å². The quantitative estimate of drug-likeness (QED) is 0.582. The van der Waals surface area contributed by atoms with E-state index in [9.17, 15) is 9.59 Å². The van der Waals surface area contributed by atoms with Crippen LogP contribution < -0.4 is 4.90 Å². The second kappa shape index (κ2) is 8.82. The minimum atomic E-state index is -0.871. The fourth-order valence-corrected chi connectivity index (χ4v) is 3.49. The standard InChI is InChI=1S/C18H20N2O3S2/c1-19(2)14-10-8-13(9-11-14)5-3-6-15-17(23)20(18(24)25-15)12-4-7-16(21)22/h3,5-6,8-11H,4,7,12H2,1-2H3,(H,21,22)/b5-3-,15-6-. The van der Waals surface area contributed by atoms with Gasteiger partial charge in [0, 0.05) is 32.7 Å². The van der Waals surface area contributed by atoms with Crippen molar-refractivity contribution in [2.24, 2.45) is 0 Å². The molecule has 0 saturated carbocycles. The van der Waals surface area contributed by atoms with E-state index >= 15 is 0 Å². The molecule has 7 heteroatoms. The van der Waals surface area contributed by atoms with Crippen molar-refractivity contribution in [1.29, 1.82) is 0 Å². The van der Waals surface area contributed by atoms with Crippen molar-refractivity contribution in [3.05, 3.63) is 46.9 Å². The summed E-state index contributed by atoms with van der Waals surface area (Å²) in [5, 5.41) is 8.68. The van der Waals surface area contributed by atoms with Crippen LogP contribution in [0.4, 0.5) is 5.69 Å². The molecule has 1 fully saturated rings. The maximum atomic E-state index is 12.3. The van der Waals surface area contributed by atoms with Crippen molar-refractivity contribution in [3.63, 3.8) is 0 Å². The predicted molar refractivity (Wildman–Crippen MR) is 107 cm³/mol. The van der Waals surface area contributed by atoms with Crippen molar-refractivity contribution in [2.45, 2.75) is 12.8 Å². The Kier molecular flexibility index (Phi) is 6.78. The smallest absolute Gasteiger partial charge is 0.303 e. The third-order valence-corrected chi connectivity index (χ3v) is 4.99. The molecule has 132 valence electrons. The summed E-state index contributed by atoms with van der Waals surface area (Å²) in [7, 11) is 3.98. The Balaban J connectivity index is 1.97. The number of allylic oxidation sites excluding steroid dienone is 2. The molecule has 1 saturated heterocycles. The van der Waals surface area contributed by atoms with Crippen LogP contribution in [0.25, 0.3) is 6.08 Å². The topological polar surface area (TPSA) is 60.9 Å². The number of thioether (sulfide) groups is 1. The minimum Gasteiger partial charge on any atom is -0.481 e. The second-order valence-electron chi connectivity index (χ2n) is 5.70. The summed E-state index contributed by atoms with van der Waals surface area (Å²) in [6.45, 7) is 0.337. The Bertz CT molecular complexity index is 724. The van der Waals surface area contributed by atoms with Crippen LogP contribution in [0.3, 0.4) is 0 Å². The molecule has 0 spiro atoms. The zero-order valence-corrected chi connectivity index (χ0v) is 15.8. The maximum absolute atomic E-state index is 12.3. The van der Waals surface area contributed by atoms with Crippen LogP contribution in [0, 0.1) is 0 Å². The van der Waals surface area contributed by atoms with Crippen molar-refractivity contribution >= 4 is 51.9 Å². The molecular formula is C18H20N2O3S2. The molecule has 1 aromatic rings. The van der Waals surface area contributed by atoms with Crippen LogP contribution in [0.1, 0.15) is 18.4 Å². The summed E-state index contributed by atoms with van der Waals surface area (Å²) in [6, 6.07) is 8.08. The molecule has 5 nitrogen and oxygen atoms in total. The third kappa shape index (κ3) is 5.44.